The number of pyridine rings is 1. The van der Waals surface area contributed by atoms with Gasteiger partial charge in [-0.3, -0.25) is 5.01 Å². The topological polar surface area (TPSA) is 94.2 Å². The third-order valence-electron chi connectivity index (χ3n) is 1.41. The van der Waals surface area contributed by atoms with Gasteiger partial charge in [0.15, 0.2) is 0 Å². The van der Waals surface area contributed by atoms with Gasteiger partial charge in [-0.05, 0) is 19.1 Å². The molecule has 0 aliphatic heterocycles. The normalized spacial score (nSPS) is 11.4. The third kappa shape index (κ3) is 2.64. The highest BCUT2D eigenvalue weighted by molar-refractivity contribution is 5.48. The van der Waals surface area contributed by atoms with Crippen LogP contribution in [0.2, 0.25) is 0 Å². The molecule has 0 aliphatic rings. The molecule has 0 saturated carbocycles. The van der Waals surface area contributed by atoms with Crippen molar-refractivity contribution >= 4 is 11.5 Å². The molecule has 0 saturated heterocycles. The summed E-state index contributed by atoms with van der Waals surface area (Å²) in [5, 5.41) is 1.39. The van der Waals surface area contributed by atoms with Crippen LogP contribution in [0.5, 0.6) is 0 Å². The average Bonchev–Trinajstić information content (AvgIpc) is 2.04. The summed E-state index contributed by atoms with van der Waals surface area (Å²) in [6.45, 7) is 1.75. The van der Waals surface area contributed by atoms with Crippen LogP contribution in [0.3, 0.4) is 0 Å². The lowest BCUT2D eigenvalue weighted by molar-refractivity contribution is 1.04. The molecule has 1 heterocycles. The minimum absolute atomic E-state index is 0.464. The molecule has 0 radical (unpaired) electrons. The van der Waals surface area contributed by atoms with Gasteiger partial charge in [-0.1, -0.05) is 0 Å². The first kappa shape index (κ1) is 9.34. The average molecular weight is 179 g/mol. The van der Waals surface area contributed by atoms with Crippen LogP contribution in [0.4, 0.5) is 11.5 Å². The van der Waals surface area contributed by atoms with E-state index in [1.54, 1.807) is 31.5 Å². The summed E-state index contributed by atoms with van der Waals surface area (Å²) in [4.78, 5) is 3.89. The lowest BCUT2D eigenvalue weighted by Gasteiger charge is -2.13. The highest BCUT2D eigenvalue weighted by atomic mass is 15.4. The summed E-state index contributed by atoms with van der Waals surface area (Å²) >= 11 is 0. The zero-order valence-electron chi connectivity index (χ0n) is 7.44. The minimum Gasteiger partial charge on any atom is -0.401 e. The maximum atomic E-state index is 5.64. The molecule has 0 amide bonds. The first-order valence-corrected chi connectivity index (χ1v) is 3.79. The Morgan fingerprint density at radius 3 is 2.69 bits per heavy atom. The first-order chi connectivity index (χ1) is 6.09. The van der Waals surface area contributed by atoms with Gasteiger partial charge in [-0.2, -0.15) is 0 Å². The monoisotopic (exact) mass is 179 g/mol. The van der Waals surface area contributed by atoms with Crippen molar-refractivity contribution in [2.75, 3.05) is 10.7 Å². The van der Waals surface area contributed by atoms with E-state index in [-0.39, 0.29) is 0 Å². The zero-order chi connectivity index (χ0) is 9.84. The number of nitrogens with two attached hydrogens (primary N) is 3. The molecular weight excluding hydrogens is 166 g/mol. The van der Waals surface area contributed by atoms with Crippen LogP contribution in [-0.4, -0.2) is 4.98 Å². The Bertz CT molecular complexity index is 299. The van der Waals surface area contributed by atoms with Crippen molar-refractivity contribution in [3.63, 3.8) is 0 Å². The van der Waals surface area contributed by atoms with E-state index >= 15 is 0 Å². The van der Waals surface area contributed by atoms with E-state index in [1.807, 2.05) is 0 Å². The lowest BCUT2D eigenvalue weighted by Crippen LogP contribution is -2.25. The number of rotatable bonds is 2. The van der Waals surface area contributed by atoms with E-state index in [1.165, 1.54) is 5.01 Å². The maximum absolute atomic E-state index is 5.64. The molecule has 0 atom stereocenters. The largest absolute Gasteiger partial charge is 0.401 e. The van der Waals surface area contributed by atoms with Gasteiger partial charge in [-0.25, -0.2) is 10.8 Å². The quantitative estimate of drug-likeness (QED) is 0.444. The van der Waals surface area contributed by atoms with Gasteiger partial charge in [-0.15, -0.1) is 0 Å². The number of anilines is 2. The van der Waals surface area contributed by atoms with Gasteiger partial charge < -0.3 is 11.5 Å². The van der Waals surface area contributed by atoms with Crippen LogP contribution in [0, 0.1) is 0 Å². The fourth-order valence-electron chi connectivity index (χ4n) is 0.844. The Kier molecular flexibility index (Phi) is 2.71. The van der Waals surface area contributed by atoms with E-state index < -0.39 is 0 Å². The highest BCUT2D eigenvalue weighted by Gasteiger charge is 1.97. The fraction of sp³-hybridized carbons (Fsp3) is 0.125. The molecule has 5 heteroatoms. The van der Waals surface area contributed by atoms with Crippen molar-refractivity contribution in [3.05, 3.63) is 30.2 Å². The molecule has 0 aliphatic carbocycles. The summed E-state index contributed by atoms with van der Waals surface area (Å²) in [6.07, 6.45) is 3.18. The van der Waals surface area contributed by atoms with Gasteiger partial charge in [0.1, 0.15) is 5.82 Å². The molecule has 1 aromatic heterocycles. The molecule has 13 heavy (non-hydrogen) atoms. The number of aromatic nitrogens is 1. The predicted molar refractivity (Wildman–Crippen MR) is 53.3 cm³/mol. The Labute approximate surface area is 76.8 Å². The van der Waals surface area contributed by atoms with Crippen molar-refractivity contribution in [1.29, 1.82) is 0 Å². The molecule has 0 unspecified atom stereocenters. The predicted octanol–water partition coefficient (Wildman–Crippen LogP) is 0.164. The third-order valence-corrected chi connectivity index (χ3v) is 1.41. The second kappa shape index (κ2) is 3.77. The van der Waals surface area contributed by atoms with Crippen molar-refractivity contribution in [2.45, 2.75) is 6.92 Å². The number of nitrogen functional groups attached to an aromatic ring is 1. The molecule has 70 valence electrons. The molecule has 0 spiro atoms. The summed E-state index contributed by atoms with van der Waals surface area (Å²) < 4.78 is 0. The number of hydrazine groups is 1. The van der Waals surface area contributed by atoms with Gasteiger partial charge in [0.2, 0.25) is 0 Å². The highest BCUT2D eigenvalue weighted by Crippen LogP contribution is 2.10. The SMILES string of the molecule is C/C(N)=C/N(N)c1ccc(N)nc1. The standard InChI is InChI=1S/C8H13N5/c1-6(9)5-13(11)7-2-3-8(10)12-4-7/h2-5H,9,11H2,1H3,(H2,10,12)/b6-5-. The summed E-state index contributed by atoms with van der Waals surface area (Å²) in [5.74, 6) is 6.11. The van der Waals surface area contributed by atoms with Crippen molar-refractivity contribution in [2.24, 2.45) is 11.6 Å². The van der Waals surface area contributed by atoms with Crippen LogP contribution < -0.4 is 22.3 Å². The van der Waals surface area contributed by atoms with E-state index in [4.69, 9.17) is 17.3 Å². The van der Waals surface area contributed by atoms with E-state index in [9.17, 15) is 0 Å². The van der Waals surface area contributed by atoms with Gasteiger partial charge >= 0.3 is 0 Å². The van der Waals surface area contributed by atoms with E-state index in [0.29, 0.717) is 11.5 Å². The molecule has 1 aromatic rings. The number of hydrogen-bond donors (Lipinski definition) is 3. The van der Waals surface area contributed by atoms with Gasteiger partial charge in [0, 0.05) is 11.9 Å². The summed E-state index contributed by atoms with van der Waals surface area (Å²) in [5.41, 5.74) is 12.2. The van der Waals surface area contributed by atoms with Gasteiger partial charge in [0.25, 0.3) is 0 Å². The van der Waals surface area contributed by atoms with E-state index in [2.05, 4.69) is 4.98 Å². The van der Waals surface area contributed by atoms with Crippen LogP contribution >= 0.6 is 0 Å². The lowest BCUT2D eigenvalue weighted by atomic mass is 10.4. The molecule has 6 N–H and O–H groups in total. The Balaban J connectivity index is 2.83. The zero-order valence-corrected chi connectivity index (χ0v) is 7.44. The molecule has 0 bridgehead atoms. The second-order valence-electron chi connectivity index (χ2n) is 2.72. The first-order valence-electron chi connectivity index (χ1n) is 3.79. The van der Waals surface area contributed by atoms with Crippen LogP contribution in [0.1, 0.15) is 6.92 Å². The Morgan fingerprint density at radius 1 is 1.54 bits per heavy atom. The van der Waals surface area contributed by atoms with Crippen LogP contribution in [0.25, 0.3) is 0 Å². The molecule has 5 nitrogen and oxygen atoms in total. The van der Waals surface area contributed by atoms with Crippen molar-refractivity contribution < 1.29 is 0 Å². The van der Waals surface area contributed by atoms with E-state index in [0.717, 1.165) is 5.69 Å². The minimum atomic E-state index is 0.464. The molecular formula is C8H13N5. The number of allylic oxidation sites excluding steroid dienone is 1. The van der Waals surface area contributed by atoms with Gasteiger partial charge in [0.05, 0.1) is 11.9 Å². The van der Waals surface area contributed by atoms with Crippen LogP contribution in [-0.2, 0) is 0 Å². The molecule has 0 aromatic carbocycles. The summed E-state index contributed by atoms with van der Waals surface area (Å²) in [6, 6.07) is 3.44. The van der Waals surface area contributed by atoms with Crippen molar-refractivity contribution in [3.8, 4) is 0 Å². The number of nitrogens with zero attached hydrogens (tertiary/aromatic N) is 2. The molecule has 1 rings (SSSR count). The smallest absolute Gasteiger partial charge is 0.123 e. The Morgan fingerprint density at radius 2 is 2.23 bits per heavy atom. The van der Waals surface area contributed by atoms with Crippen LogP contribution in [0.15, 0.2) is 30.2 Å². The summed E-state index contributed by atoms with van der Waals surface area (Å²) in [7, 11) is 0. The maximum Gasteiger partial charge on any atom is 0.123 e. The fourth-order valence-corrected chi connectivity index (χ4v) is 0.844. The molecule has 0 fully saturated rings. The van der Waals surface area contributed by atoms with Crippen molar-refractivity contribution in [1.82, 2.24) is 4.98 Å². The second-order valence-corrected chi connectivity index (χ2v) is 2.72. The Hall–Kier alpha value is -1.75. The number of hydrogen-bond acceptors (Lipinski definition) is 5.